The quantitative estimate of drug-likeness (QED) is 0.465. The highest BCUT2D eigenvalue weighted by atomic mass is 16.5. The molecule has 2 heterocycles. The Balaban J connectivity index is 0.000000142. The predicted molar refractivity (Wildman–Crippen MR) is 135 cm³/mol. The van der Waals surface area contributed by atoms with E-state index in [0.29, 0.717) is 0 Å². The lowest BCUT2D eigenvalue weighted by Crippen LogP contribution is -2.04. The van der Waals surface area contributed by atoms with Crippen LogP contribution in [-0.4, -0.2) is 31.3 Å². The summed E-state index contributed by atoms with van der Waals surface area (Å²) in [7, 11) is 1.73. The molecule has 0 aliphatic heterocycles. The number of aliphatic hydroxyl groups is 1. The first-order valence-electron chi connectivity index (χ1n) is 11.5. The number of hydrogen-bond acceptors (Lipinski definition) is 4. The van der Waals surface area contributed by atoms with Gasteiger partial charge in [0.1, 0.15) is 5.75 Å². The van der Waals surface area contributed by atoms with Gasteiger partial charge in [0.25, 0.3) is 0 Å². The van der Waals surface area contributed by atoms with Gasteiger partial charge in [-0.2, -0.15) is 0 Å². The molecule has 0 saturated heterocycles. The predicted octanol–water partition coefficient (Wildman–Crippen LogP) is 5.16. The van der Waals surface area contributed by atoms with Gasteiger partial charge in [-0.05, 0) is 72.2 Å². The zero-order chi connectivity index (χ0) is 23.3. The number of aryl methyl sites for hydroxylation is 1. The molecule has 2 aliphatic rings. The molecular weight excluding hydrogens is 424 g/mol. The van der Waals surface area contributed by atoms with Crippen LogP contribution in [0.4, 0.5) is 0 Å². The molecule has 4 aromatic rings. The van der Waals surface area contributed by atoms with Gasteiger partial charge in [-0.3, -0.25) is 0 Å². The van der Waals surface area contributed by atoms with Gasteiger partial charge in [0.15, 0.2) is 0 Å². The van der Waals surface area contributed by atoms with Gasteiger partial charge in [-0.15, -0.1) is 0 Å². The number of benzene rings is 2. The van der Waals surface area contributed by atoms with Gasteiger partial charge in [0, 0.05) is 41.7 Å². The summed E-state index contributed by atoms with van der Waals surface area (Å²) in [5, 5.41) is 9.15. The highest BCUT2D eigenvalue weighted by Gasteiger charge is 2.15. The number of aromatic nitrogens is 4. The van der Waals surface area contributed by atoms with Crippen LogP contribution in [0.1, 0.15) is 40.7 Å². The third-order valence-electron chi connectivity index (χ3n) is 6.38. The lowest BCUT2D eigenvalue weighted by atomic mass is 9.94. The molecule has 0 saturated carbocycles. The van der Waals surface area contributed by atoms with Crippen molar-refractivity contribution >= 4 is 23.5 Å². The van der Waals surface area contributed by atoms with Crippen LogP contribution < -0.4 is 4.74 Å². The molecule has 6 nitrogen and oxygen atoms in total. The number of imidazole rings is 2. The Bertz CT molecular complexity index is 1280. The van der Waals surface area contributed by atoms with E-state index in [-0.39, 0.29) is 6.61 Å². The molecule has 0 atom stereocenters. The number of fused-ring (bicyclic) bond motifs is 2. The molecule has 2 aliphatic carbocycles. The maximum atomic E-state index is 9.15. The fourth-order valence-electron chi connectivity index (χ4n) is 4.57. The molecule has 1 N–H and O–H groups in total. The van der Waals surface area contributed by atoms with Crippen LogP contribution in [0.15, 0.2) is 73.8 Å². The minimum absolute atomic E-state index is 0.0987. The van der Waals surface area contributed by atoms with Crippen molar-refractivity contribution in [1.82, 2.24) is 19.1 Å². The topological polar surface area (TPSA) is 65.1 Å². The largest absolute Gasteiger partial charge is 0.496 e. The molecule has 0 spiro atoms. The highest BCUT2D eigenvalue weighted by Crippen LogP contribution is 2.32. The van der Waals surface area contributed by atoms with Crippen molar-refractivity contribution in [2.75, 3.05) is 7.11 Å². The van der Waals surface area contributed by atoms with Crippen molar-refractivity contribution < 1.29 is 9.84 Å². The lowest BCUT2D eigenvalue weighted by Gasteiger charge is -2.19. The Kier molecular flexibility index (Phi) is 6.40. The van der Waals surface area contributed by atoms with E-state index >= 15 is 0 Å². The Morgan fingerprint density at radius 2 is 1.56 bits per heavy atom. The number of rotatable bonds is 4. The molecule has 0 fully saturated rings. The SMILES string of the molecule is COc1cccc2c1CCC(n1ccnc1)=C2.OCc1ccc2c(c1)C=C(n1ccnc1)CC2. The Morgan fingerprint density at radius 1 is 0.853 bits per heavy atom. The van der Waals surface area contributed by atoms with E-state index in [0.717, 1.165) is 37.0 Å². The van der Waals surface area contributed by atoms with E-state index < -0.39 is 0 Å². The summed E-state index contributed by atoms with van der Waals surface area (Å²) in [6.45, 7) is 0.0987. The number of nitrogens with zero attached hydrogens (tertiary/aromatic N) is 4. The molecule has 0 radical (unpaired) electrons. The second kappa shape index (κ2) is 9.93. The summed E-state index contributed by atoms with van der Waals surface area (Å²) in [4.78, 5) is 8.15. The van der Waals surface area contributed by atoms with Crippen LogP contribution in [0.5, 0.6) is 5.75 Å². The van der Waals surface area contributed by atoms with Crippen molar-refractivity contribution in [2.24, 2.45) is 0 Å². The van der Waals surface area contributed by atoms with Gasteiger partial charge in [-0.1, -0.05) is 24.3 Å². The van der Waals surface area contributed by atoms with E-state index in [2.05, 4.69) is 49.5 Å². The molecule has 0 bridgehead atoms. The van der Waals surface area contributed by atoms with E-state index in [9.17, 15) is 0 Å². The first-order chi connectivity index (χ1) is 16.7. The van der Waals surface area contributed by atoms with Crippen LogP contribution in [0.2, 0.25) is 0 Å². The Morgan fingerprint density at radius 3 is 2.21 bits per heavy atom. The molecular formula is C28H28N4O2. The molecule has 6 heteroatoms. The van der Waals surface area contributed by atoms with Crippen LogP contribution in [0, 0.1) is 0 Å². The molecule has 6 rings (SSSR count). The van der Waals surface area contributed by atoms with E-state index in [1.165, 1.54) is 33.6 Å². The Hall–Kier alpha value is -3.90. The average molecular weight is 453 g/mol. The summed E-state index contributed by atoms with van der Waals surface area (Å²) >= 11 is 0. The van der Waals surface area contributed by atoms with Crippen LogP contribution in [0.3, 0.4) is 0 Å². The first kappa shape index (κ1) is 21.9. The van der Waals surface area contributed by atoms with E-state index in [1.54, 1.807) is 13.3 Å². The number of ether oxygens (including phenoxy) is 1. The second-order valence-corrected chi connectivity index (χ2v) is 8.43. The summed E-state index contributed by atoms with van der Waals surface area (Å²) in [6.07, 6.45) is 19.7. The number of methoxy groups -OCH3 is 1. The third kappa shape index (κ3) is 4.58. The molecule has 0 amide bonds. The van der Waals surface area contributed by atoms with Gasteiger partial charge in [0.05, 0.1) is 26.4 Å². The van der Waals surface area contributed by atoms with Crippen molar-refractivity contribution in [1.29, 1.82) is 0 Å². The summed E-state index contributed by atoms with van der Waals surface area (Å²) in [5.74, 6) is 0.989. The van der Waals surface area contributed by atoms with Crippen molar-refractivity contribution in [3.63, 3.8) is 0 Å². The van der Waals surface area contributed by atoms with Crippen LogP contribution >= 0.6 is 0 Å². The normalized spacial score (nSPS) is 14.2. The monoisotopic (exact) mass is 452 g/mol. The first-order valence-corrected chi connectivity index (χ1v) is 11.5. The number of hydrogen-bond donors (Lipinski definition) is 1. The Labute approximate surface area is 199 Å². The molecule has 172 valence electrons. The van der Waals surface area contributed by atoms with E-state index in [4.69, 9.17) is 9.84 Å². The molecule has 0 unspecified atom stereocenters. The van der Waals surface area contributed by atoms with Gasteiger partial charge >= 0.3 is 0 Å². The smallest absolute Gasteiger partial charge is 0.122 e. The zero-order valence-corrected chi connectivity index (χ0v) is 19.3. The summed E-state index contributed by atoms with van der Waals surface area (Å²) in [6, 6.07) is 12.4. The zero-order valence-electron chi connectivity index (χ0n) is 19.3. The fourth-order valence-corrected chi connectivity index (χ4v) is 4.57. The fraction of sp³-hybridized carbons (Fsp3) is 0.214. The number of allylic oxidation sites excluding steroid dienone is 2. The van der Waals surface area contributed by atoms with Crippen LogP contribution in [0.25, 0.3) is 23.5 Å². The maximum Gasteiger partial charge on any atom is 0.122 e. The summed E-state index contributed by atoms with van der Waals surface area (Å²) in [5.41, 5.74) is 8.62. The molecule has 2 aromatic heterocycles. The van der Waals surface area contributed by atoms with E-state index in [1.807, 2.05) is 49.4 Å². The maximum absolute atomic E-state index is 9.15. The highest BCUT2D eigenvalue weighted by molar-refractivity contribution is 5.77. The van der Waals surface area contributed by atoms with Gasteiger partial charge in [0.2, 0.25) is 0 Å². The molecule has 34 heavy (non-hydrogen) atoms. The summed E-state index contributed by atoms with van der Waals surface area (Å²) < 4.78 is 9.51. The van der Waals surface area contributed by atoms with Crippen LogP contribution in [-0.2, 0) is 19.4 Å². The molecule has 2 aromatic carbocycles. The van der Waals surface area contributed by atoms with Crippen molar-refractivity contribution in [3.8, 4) is 5.75 Å². The van der Waals surface area contributed by atoms with Crippen molar-refractivity contribution in [3.05, 3.63) is 102 Å². The third-order valence-corrected chi connectivity index (χ3v) is 6.38. The number of aliphatic hydroxyl groups excluding tert-OH is 1. The standard InChI is InChI=1S/2C14H14N2O/c1-17-14-4-2-3-11-9-12(5-6-13(11)14)16-8-7-15-10-16;17-9-11-1-2-12-3-4-14(8-13(12)7-11)16-6-5-15-10-16/h2-4,7-10H,5-6H2,1H3;1-2,5-8,10,17H,3-4,9H2. The average Bonchev–Trinajstić information content (AvgIpc) is 3.63. The van der Waals surface area contributed by atoms with Crippen molar-refractivity contribution in [2.45, 2.75) is 32.3 Å². The van der Waals surface area contributed by atoms with Gasteiger partial charge < -0.3 is 19.0 Å². The minimum atomic E-state index is 0.0987. The lowest BCUT2D eigenvalue weighted by molar-refractivity contribution is 0.282. The second-order valence-electron chi connectivity index (χ2n) is 8.43. The minimum Gasteiger partial charge on any atom is -0.496 e. The van der Waals surface area contributed by atoms with Gasteiger partial charge in [-0.25, -0.2) is 9.97 Å².